The second-order valence-corrected chi connectivity index (χ2v) is 6.21. The first-order chi connectivity index (χ1) is 11.6. The highest BCUT2D eigenvalue weighted by Crippen LogP contribution is 2.33. The summed E-state index contributed by atoms with van der Waals surface area (Å²) in [5.74, 6) is 0.142. The Labute approximate surface area is 143 Å². The minimum absolute atomic E-state index is 0.108. The number of carbonyl (C=O) groups is 1. The van der Waals surface area contributed by atoms with E-state index in [2.05, 4.69) is 15.4 Å². The molecular formula is C16H18ClN3O4. The number of aromatic nitrogens is 3. The second kappa shape index (κ2) is 7.53. The molecule has 1 heterocycles. The maximum atomic E-state index is 11.0. The molecule has 1 aromatic carbocycles. The monoisotopic (exact) mass is 351 g/mol. The Morgan fingerprint density at radius 3 is 2.88 bits per heavy atom. The van der Waals surface area contributed by atoms with Crippen molar-refractivity contribution in [2.45, 2.75) is 32.1 Å². The molecule has 1 aliphatic carbocycles. The summed E-state index contributed by atoms with van der Waals surface area (Å²) >= 11 is 6.17. The number of ether oxygens (including phenoxy) is 2. The molecule has 1 aliphatic rings. The molecule has 0 saturated heterocycles. The van der Waals surface area contributed by atoms with Crippen molar-refractivity contribution in [2.24, 2.45) is 5.92 Å². The first-order valence-corrected chi connectivity index (χ1v) is 8.26. The lowest BCUT2D eigenvalue weighted by Crippen LogP contribution is -2.15. The fraction of sp³-hybridized carbons (Fsp3) is 0.438. The summed E-state index contributed by atoms with van der Waals surface area (Å²) in [5, 5.41) is 18.8. The molecule has 2 N–H and O–H groups in total. The van der Waals surface area contributed by atoms with E-state index in [-0.39, 0.29) is 11.6 Å². The van der Waals surface area contributed by atoms with Gasteiger partial charge in [0.25, 0.3) is 5.88 Å². The Morgan fingerprint density at radius 2 is 2.12 bits per heavy atom. The molecule has 1 aromatic heterocycles. The quantitative estimate of drug-likeness (QED) is 0.818. The molecule has 7 nitrogen and oxygen atoms in total. The topological polar surface area (TPSA) is 97.3 Å². The first kappa shape index (κ1) is 16.6. The van der Waals surface area contributed by atoms with E-state index in [0.717, 1.165) is 0 Å². The van der Waals surface area contributed by atoms with E-state index < -0.39 is 5.97 Å². The Kier molecular flexibility index (Phi) is 5.20. The highest BCUT2D eigenvalue weighted by atomic mass is 35.5. The van der Waals surface area contributed by atoms with Crippen LogP contribution < -0.4 is 9.47 Å². The van der Waals surface area contributed by atoms with Gasteiger partial charge in [-0.25, -0.2) is 9.89 Å². The third-order valence-corrected chi connectivity index (χ3v) is 4.36. The van der Waals surface area contributed by atoms with Crippen LogP contribution in [0.25, 0.3) is 0 Å². The van der Waals surface area contributed by atoms with Gasteiger partial charge in [-0.3, -0.25) is 0 Å². The summed E-state index contributed by atoms with van der Waals surface area (Å²) in [4.78, 5) is 11.0. The zero-order valence-electron chi connectivity index (χ0n) is 13.0. The average molecular weight is 352 g/mol. The Hall–Kier alpha value is -2.28. The summed E-state index contributed by atoms with van der Waals surface area (Å²) in [6.45, 7) is 0.619. The fourth-order valence-electron chi connectivity index (χ4n) is 2.76. The van der Waals surface area contributed by atoms with Gasteiger partial charge in [0.1, 0.15) is 11.5 Å². The van der Waals surface area contributed by atoms with E-state index in [1.807, 2.05) is 0 Å². The molecule has 0 spiro atoms. The molecule has 0 unspecified atom stereocenters. The Morgan fingerprint density at radius 1 is 1.33 bits per heavy atom. The van der Waals surface area contributed by atoms with Crippen LogP contribution in [0.15, 0.2) is 18.2 Å². The van der Waals surface area contributed by atoms with Gasteiger partial charge < -0.3 is 14.6 Å². The molecule has 0 atom stereocenters. The minimum atomic E-state index is -1.20. The van der Waals surface area contributed by atoms with Crippen molar-refractivity contribution >= 4 is 17.6 Å². The summed E-state index contributed by atoms with van der Waals surface area (Å²) in [6, 6.07) is 4.90. The maximum absolute atomic E-state index is 11.0. The number of carboxylic acids is 1. The third-order valence-electron chi connectivity index (χ3n) is 4.05. The predicted octanol–water partition coefficient (Wildman–Crippen LogP) is 3.91. The second-order valence-electron chi connectivity index (χ2n) is 5.81. The third kappa shape index (κ3) is 3.97. The lowest BCUT2D eigenvalue weighted by Gasteiger charge is -2.22. The van der Waals surface area contributed by atoms with Gasteiger partial charge in [-0.05, 0) is 30.9 Å². The smallest absolute Gasteiger partial charge is 0.359 e. The Balaban J connectivity index is 1.68. The van der Waals surface area contributed by atoms with Gasteiger partial charge in [0.15, 0.2) is 0 Å². The van der Waals surface area contributed by atoms with Gasteiger partial charge in [0.05, 0.1) is 11.6 Å². The van der Waals surface area contributed by atoms with Crippen molar-refractivity contribution in [1.29, 1.82) is 0 Å². The van der Waals surface area contributed by atoms with Gasteiger partial charge in [-0.15, -0.1) is 0 Å². The van der Waals surface area contributed by atoms with E-state index in [0.29, 0.717) is 29.0 Å². The maximum Gasteiger partial charge on any atom is 0.359 e. The summed E-state index contributed by atoms with van der Waals surface area (Å²) in [6.07, 6.45) is 6.14. The number of benzene rings is 1. The van der Waals surface area contributed by atoms with E-state index in [4.69, 9.17) is 26.2 Å². The normalized spacial score (nSPS) is 15.2. The van der Waals surface area contributed by atoms with Gasteiger partial charge in [-0.1, -0.05) is 41.2 Å². The predicted molar refractivity (Wildman–Crippen MR) is 86.9 cm³/mol. The molecule has 1 fully saturated rings. The highest BCUT2D eigenvalue weighted by molar-refractivity contribution is 6.32. The molecule has 0 radical (unpaired) electrons. The van der Waals surface area contributed by atoms with Gasteiger partial charge in [0.2, 0.25) is 5.69 Å². The Bertz CT molecular complexity index is 713. The number of rotatable bonds is 6. The van der Waals surface area contributed by atoms with Crippen LogP contribution in [-0.2, 0) is 0 Å². The average Bonchev–Trinajstić information content (AvgIpc) is 3.05. The zero-order chi connectivity index (χ0) is 16.9. The van der Waals surface area contributed by atoms with Crippen molar-refractivity contribution < 1.29 is 19.4 Å². The van der Waals surface area contributed by atoms with E-state index >= 15 is 0 Å². The van der Waals surface area contributed by atoms with Crippen LogP contribution in [0.3, 0.4) is 0 Å². The molecule has 8 heteroatoms. The molecule has 3 rings (SSSR count). The number of halogens is 1. The van der Waals surface area contributed by atoms with E-state index in [1.54, 1.807) is 18.2 Å². The SMILES string of the molecule is O=C(O)c1[nH]nnc1Oc1ccc(Cl)c(OCC2CCCCC2)c1. The fourth-order valence-corrected chi connectivity index (χ4v) is 2.93. The summed E-state index contributed by atoms with van der Waals surface area (Å²) in [7, 11) is 0. The lowest BCUT2D eigenvalue weighted by atomic mass is 9.90. The number of hydrogen-bond donors (Lipinski definition) is 2. The molecule has 2 aromatic rings. The number of nitrogens with one attached hydrogen (secondary N) is 1. The van der Waals surface area contributed by atoms with Gasteiger partial charge >= 0.3 is 5.97 Å². The molecule has 128 valence electrons. The number of aromatic amines is 1. The van der Waals surface area contributed by atoms with Crippen LogP contribution >= 0.6 is 11.6 Å². The van der Waals surface area contributed by atoms with Crippen LogP contribution in [0.1, 0.15) is 42.6 Å². The van der Waals surface area contributed by atoms with Gasteiger partial charge in [0, 0.05) is 6.07 Å². The van der Waals surface area contributed by atoms with Crippen molar-refractivity contribution in [1.82, 2.24) is 15.4 Å². The standard InChI is InChI=1S/C16H18ClN3O4/c17-12-7-6-11(24-15-14(16(21)22)18-20-19-15)8-13(12)23-9-10-4-2-1-3-5-10/h6-8,10H,1-5,9H2,(H,21,22)(H,18,19,20). The molecule has 0 amide bonds. The molecular weight excluding hydrogens is 334 g/mol. The molecule has 1 saturated carbocycles. The van der Waals surface area contributed by atoms with Crippen LogP contribution in [0.4, 0.5) is 0 Å². The van der Waals surface area contributed by atoms with Crippen LogP contribution in [0.2, 0.25) is 5.02 Å². The first-order valence-electron chi connectivity index (χ1n) is 7.88. The lowest BCUT2D eigenvalue weighted by molar-refractivity contribution is 0.0687. The van der Waals surface area contributed by atoms with Crippen molar-refractivity contribution in [2.75, 3.05) is 6.61 Å². The molecule has 0 bridgehead atoms. The largest absolute Gasteiger partial charge is 0.492 e. The van der Waals surface area contributed by atoms with Crippen molar-refractivity contribution in [3.63, 3.8) is 0 Å². The minimum Gasteiger partial charge on any atom is -0.492 e. The number of hydrogen-bond acceptors (Lipinski definition) is 5. The van der Waals surface area contributed by atoms with Gasteiger partial charge in [-0.2, -0.15) is 0 Å². The van der Waals surface area contributed by atoms with Crippen molar-refractivity contribution in [3.05, 3.63) is 28.9 Å². The van der Waals surface area contributed by atoms with Crippen LogP contribution in [0.5, 0.6) is 17.4 Å². The number of H-pyrrole nitrogens is 1. The number of nitrogens with zero attached hydrogens (tertiary/aromatic N) is 2. The van der Waals surface area contributed by atoms with Crippen LogP contribution in [0, 0.1) is 5.92 Å². The van der Waals surface area contributed by atoms with Crippen molar-refractivity contribution in [3.8, 4) is 17.4 Å². The highest BCUT2D eigenvalue weighted by Gasteiger charge is 2.18. The summed E-state index contributed by atoms with van der Waals surface area (Å²) < 4.78 is 11.3. The van der Waals surface area contributed by atoms with E-state index in [9.17, 15) is 4.79 Å². The molecule has 0 aliphatic heterocycles. The van der Waals surface area contributed by atoms with Crippen LogP contribution in [-0.4, -0.2) is 33.1 Å². The number of aromatic carboxylic acids is 1. The van der Waals surface area contributed by atoms with E-state index in [1.165, 1.54) is 32.1 Å². The number of carboxylic acid groups (broad SMARTS) is 1. The zero-order valence-corrected chi connectivity index (χ0v) is 13.8. The summed E-state index contributed by atoms with van der Waals surface area (Å²) in [5.41, 5.74) is -0.213. The molecule has 24 heavy (non-hydrogen) atoms.